The third kappa shape index (κ3) is 32.2. The number of aryl methyl sites for hydroxylation is 1. The van der Waals surface area contributed by atoms with Gasteiger partial charge >= 0.3 is 0 Å². The summed E-state index contributed by atoms with van der Waals surface area (Å²) in [6.45, 7) is 20.4. The monoisotopic (exact) mass is 2140 g/mol. The highest BCUT2D eigenvalue weighted by atomic mass is 35.5. The average Bonchev–Trinajstić information content (AvgIpc) is 0.772. The standard InChI is InChI=1S/C43H50ClFO6.C37H41ClO5.C27H34ClFO8.C13H17FO4S/c1-4-38-30(3)40(49-26-32-13-8-6-9-14-32)42(50-27-33-15-10-7-11-16-33)41(51-38)36-24-34(23-31-17-19-35(20-18-31)47-5-2)37(44)25-39(36)48-22-12-21-43(45)28-46-29-43;1-4-34-25(3)35(41-23-27-12-8-6-9-13-27)37(42-24-28-14-10-7-11-15-28)36(43-34)31-21-29(32(38)22-33(31)39)20-26-16-18-30(19-17-26)40-5-2;1-2-35-18-6-4-16(5-7-18)10-17-11-19(26-25(33)24(32)23(31)22(13-30)37-26)21(12-20(17)28)36-9-3-8-27(29)14-34-15-27;1-11-3-5-12(6-4-11)19(15,16)18-8-2-7-13(14)9-17-10-13/h6-11,13-20,24-25,30,38,40-42H,4-5,12,21-23,26-29H2,1-3H3;6-19,21-22,25,34-37,39H,4-5,20,23-24H2,1-3H3;4-7,11-12,22-26,30-33H,2-3,8-10,13-15H2,1H3;3-6H,2,7-10H2,1H3/t30-,38-,40+,41+,42-;25-,34-,35+,36+,37-;22-,23-,24+,25-,26+;/m111./s1. The van der Waals surface area contributed by atoms with E-state index in [0.29, 0.717) is 135 Å². The minimum atomic E-state index is -3.74. The molecule has 0 aromatic heterocycles. The largest absolute Gasteiger partial charge is 0.508 e. The molecule has 6 fully saturated rings. The number of hydrogen-bond donors (Lipinski definition) is 5. The second kappa shape index (κ2) is 56.4. The molecule has 0 saturated carbocycles. The molecule has 23 nitrogen and oxygen atoms in total. The molecule has 17 rings (SSSR count). The van der Waals surface area contributed by atoms with Gasteiger partial charge in [-0.3, -0.25) is 4.18 Å². The lowest BCUT2D eigenvalue weighted by Crippen LogP contribution is -2.55. The molecule has 150 heavy (non-hydrogen) atoms. The van der Waals surface area contributed by atoms with Crippen molar-refractivity contribution in [3.05, 3.63) is 348 Å². The molecule has 11 aromatic rings. The van der Waals surface area contributed by atoms with E-state index in [1.165, 1.54) is 12.1 Å². The van der Waals surface area contributed by atoms with Gasteiger partial charge in [0.15, 0.2) is 17.0 Å². The first-order valence-corrected chi connectivity index (χ1v) is 54.6. The number of hydrogen-bond acceptors (Lipinski definition) is 23. The van der Waals surface area contributed by atoms with Crippen LogP contribution in [0.15, 0.2) is 260 Å². The molecule has 0 unspecified atom stereocenters. The van der Waals surface area contributed by atoms with Gasteiger partial charge in [-0.15, -0.1) is 0 Å². The van der Waals surface area contributed by atoms with Crippen LogP contribution in [0.25, 0.3) is 0 Å². The Morgan fingerprint density at radius 3 is 1.04 bits per heavy atom. The molecule has 0 spiro atoms. The first-order chi connectivity index (χ1) is 72.5. The van der Waals surface area contributed by atoms with E-state index in [9.17, 15) is 47.1 Å². The third-order valence-corrected chi connectivity index (χ3v) is 30.2. The number of rotatable bonds is 46. The molecule has 6 saturated heterocycles. The number of phenolic OH excluding ortho intramolecular Hbond substituents is 1. The van der Waals surface area contributed by atoms with Gasteiger partial charge in [-0.1, -0.05) is 238 Å². The second-order valence-electron chi connectivity index (χ2n) is 39.3. The van der Waals surface area contributed by atoms with Crippen LogP contribution in [0, 0.1) is 18.8 Å². The fourth-order valence-electron chi connectivity index (χ4n) is 19.2. The maximum absolute atomic E-state index is 14.8. The van der Waals surface area contributed by atoms with E-state index in [4.69, 9.17) is 110 Å². The zero-order valence-electron chi connectivity index (χ0n) is 86.5. The molecule has 6 aliphatic heterocycles. The van der Waals surface area contributed by atoms with Gasteiger partial charge in [0.25, 0.3) is 10.1 Å². The van der Waals surface area contributed by atoms with Crippen LogP contribution in [0.4, 0.5) is 13.2 Å². The Morgan fingerprint density at radius 2 is 0.700 bits per heavy atom. The molecule has 0 aliphatic carbocycles. The van der Waals surface area contributed by atoms with Crippen molar-refractivity contribution in [3.63, 3.8) is 0 Å². The molecule has 15 atom stereocenters. The van der Waals surface area contributed by atoms with Gasteiger partial charge < -0.3 is 96.6 Å². The molecule has 11 aromatic carbocycles. The first-order valence-electron chi connectivity index (χ1n) is 52.0. The normalized spacial score (nSPS) is 22.9. The number of ether oxygens (including phenoxy) is 15. The van der Waals surface area contributed by atoms with E-state index < -0.39 is 88.7 Å². The minimum absolute atomic E-state index is 0.0120. The van der Waals surface area contributed by atoms with Crippen molar-refractivity contribution in [2.45, 2.75) is 254 Å². The highest BCUT2D eigenvalue weighted by Gasteiger charge is 2.51. The molecule has 30 heteroatoms. The van der Waals surface area contributed by atoms with Gasteiger partial charge in [-0.2, -0.15) is 8.42 Å². The fraction of sp³-hybridized carbons (Fsp3) is 0.450. The molecule has 0 amide bonds. The molecule has 6 aliphatic rings. The van der Waals surface area contributed by atoms with E-state index in [1.54, 1.807) is 30.3 Å². The number of halogens is 6. The Balaban J connectivity index is 0.000000164. The van der Waals surface area contributed by atoms with Crippen LogP contribution in [0.1, 0.15) is 196 Å². The second-order valence-corrected chi connectivity index (χ2v) is 42.1. The van der Waals surface area contributed by atoms with Crippen LogP contribution < -0.4 is 23.7 Å². The summed E-state index contributed by atoms with van der Waals surface area (Å²) in [5.41, 5.74) is 9.02. The summed E-state index contributed by atoms with van der Waals surface area (Å²) >= 11 is 20.3. The maximum Gasteiger partial charge on any atom is 0.296 e. The number of phenols is 1. The SMILES string of the molecule is CCOc1ccc(Cc2cc([C@@H]3O[C@H](CC)[C@@H](C)[C@H](OCc4ccccc4)[C@H]3OCc3ccccc3)c(O)cc2Cl)cc1.CCOc1ccc(Cc2cc([C@@H]3O[C@H](CC)[C@@H](C)[C@H](OCc4ccccc4)[C@H]3OCc3ccccc3)c(OCCCC3(F)COC3)cc2Cl)cc1.CCOc1ccc(Cc2cc([C@@H]3O[C@H](CO)[C@@H](O)[C@H](O)[C@H]3O)c(OCCCC3(F)COC3)cc2Cl)cc1.Cc1ccc(S(=O)(=O)OCCCC2(F)COC2)cc1. The first kappa shape index (κ1) is 116. The lowest BCUT2D eigenvalue weighted by molar-refractivity contribution is -0.235. The fourth-order valence-corrected chi connectivity index (χ4v) is 20.8. The summed E-state index contributed by atoms with van der Waals surface area (Å²) < 4.78 is 162. The number of benzene rings is 11. The van der Waals surface area contributed by atoms with Crippen molar-refractivity contribution in [2.24, 2.45) is 11.8 Å². The van der Waals surface area contributed by atoms with Gasteiger partial charge in [-0.25, -0.2) is 13.2 Å². The molecule has 808 valence electrons. The van der Waals surface area contributed by atoms with Crippen LogP contribution in [0.5, 0.6) is 34.5 Å². The lowest BCUT2D eigenvalue weighted by Gasteiger charge is -2.46. The van der Waals surface area contributed by atoms with E-state index in [1.807, 2.05) is 185 Å². The minimum Gasteiger partial charge on any atom is -0.508 e. The number of aliphatic hydroxyl groups excluding tert-OH is 4. The Bertz CT molecular complexity index is 6050. The van der Waals surface area contributed by atoms with Crippen molar-refractivity contribution in [1.82, 2.24) is 0 Å². The van der Waals surface area contributed by atoms with Crippen molar-refractivity contribution in [1.29, 1.82) is 0 Å². The van der Waals surface area contributed by atoms with Crippen LogP contribution in [-0.4, -0.2) is 198 Å². The summed E-state index contributed by atoms with van der Waals surface area (Å²) in [6.07, 6.45) is -3.88. The quantitative estimate of drug-likeness (QED) is 0.0175. The molecule has 6 heterocycles. The topological polar surface area (TPSA) is 283 Å². The van der Waals surface area contributed by atoms with E-state index in [-0.39, 0.29) is 113 Å². The summed E-state index contributed by atoms with van der Waals surface area (Å²) in [5, 5.41) is 53.8. The third-order valence-electron chi connectivity index (χ3n) is 27.8. The number of alkyl halides is 3. The van der Waals surface area contributed by atoms with E-state index in [0.717, 1.165) is 96.9 Å². The lowest BCUT2D eigenvalue weighted by atomic mass is 9.83. The zero-order chi connectivity index (χ0) is 106. The Morgan fingerprint density at radius 1 is 0.373 bits per heavy atom. The highest BCUT2D eigenvalue weighted by Crippen LogP contribution is 2.49. The number of aliphatic hydroxyl groups is 4. The summed E-state index contributed by atoms with van der Waals surface area (Å²) in [5.74, 6) is 3.55. The maximum atomic E-state index is 14.8. The molecule has 0 radical (unpaired) electrons. The predicted molar refractivity (Wildman–Crippen MR) is 571 cm³/mol. The zero-order valence-corrected chi connectivity index (χ0v) is 89.6. The average molecular weight is 2150 g/mol. The summed E-state index contributed by atoms with van der Waals surface area (Å²) in [4.78, 5) is 0.125. The van der Waals surface area contributed by atoms with E-state index in [2.05, 4.69) is 82.3 Å². The van der Waals surface area contributed by atoms with Crippen molar-refractivity contribution in [2.75, 3.05) is 85.9 Å². The van der Waals surface area contributed by atoms with Gasteiger partial charge in [0.05, 0.1) is 142 Å². The van der Waals surface area contributed by atoms with Crippen LogP contribution in [0.2, 0.25) is 15.1 Å². The van der Waals surface area contributed by atoms with Crippen molar-refractivity contribution >= 4 is 44.9 Å². The Hall–Kier alpha value is -9.77. The van der Waals surface area contributed by atoms with Crippen molar-refractivity contribution < 1.29 is 122 Å². The summed E-state index contributed by atoms with van der Waals surface area (Å²) in [6, 6.07) is 81.7. The summed E-state index contributed by atoms with van der Waals surface area (Å²) in [7, 11) is -3.74. The van der Waals surface area contributed by atoms with Gasteiger partial charge in [0, 0.05) is 43.6 Å². The van der Waals surface area contributed by atoms with Crippen molar-refractivity contribution in [3.8, 4) is 34.5 Å². The van der Waals surface area contributed by atoms with Gasteiger partial charge in [0.1, 0.15) is 89.4 Å². The van der Waals surface area contributed by atoms with Gasteiger partial charge in [0.2, 0.25) is 0 Å². The predicted octanol–water partition coefficient (Wildman–Crippen LogP) is 23.5. The number of aromatic hydroxyl groups is 1. The van der Waals surface area contributed by atoms with Crippen LogP contribution >= 0.6 is 34.8 Å². The molecular formula is C120H142Cl3F3O23S. The highest BCUT2D eigenvalue weighted by molar-refractivity contribution is 7.86. The Kier molecular flexibility index (Phi) is 43.5. The van der Waals surface area contributed by atoms with Crippen LogP contribution in [0.3, 0.4) is 0 Å². The molecule has 5 N–H and O–H groups in total. The van der Waals surface area contributed by atoms with Gasteiger partial charge in [-0.05, 0) is 239 Å². The molecule has 0 bridgehead atoms. The van der Waals surface area contributed by atoms with E-state index >= 15 is 0 Å². The Labute approximate surface area is 895 Å². The smallest absolute Gasteiger partial charge is 0.296 e. The van der Waals surface area contributed by atoms with Crippen LogP contribution in [-0.2, 0) is 107 Å². The molecular weight excluding hydrogens is 2000 g/mol.